The molecule has 0 aliphatic heterocycles. The summed E-state index contributed by atoms with van der Waals surface area (Å²) in [5.74, 6) is 2.73. The van der Waals surface area contributed by atoms with Gasteiger partial charge in [0.05, 0.1) is 6.16 Å². The van der Waals surface area contributed by atoms with Crippen molar-refractivity contribution in [2.24, 2.45) is 9.42 Å². The first kappa shape index (κ1) is 28.1. The third-order valence-corrected chi connectivity index (χ3v) is 10.5. The van der Waals surface area contributed by atoms with Gasteiger partial charge in [0.25, 0.3) is 0 Å². The van der Waals surface area contributed by atoms with Gasteiger partial charge in [0.2, 0.25) is 0 Å². The van der Waals surface area contributed by atoms with Gasteiger partial charge in [-0.05, 0) is 60.7 Å². The van der Waals surface area contributed by atoms with Crippen LogP contribution in [-0.2, 0) is 0 Å². The van der Waals surface area contributed by atoms with Gasteiger partial charge in [-0.3, -0.25) is 0 Å². The highest BCUT2D eigenvalue weighted by Gasteiger charge is 2.36. The zero-order valence-electron chi connectivity index (χ0n) is 22.5. The highest BCUT2D eigenvalue weighted by atomic mass is 31.2. The first-order valence-electron chi connectivity index (χ1n) is 13.1. The molecular weight excluding hydrogens is 554 g/mol. The van der Waals surface area contributed by atoms with E-state index in [1.165, 1.54) is 0 Å². The first-order chi connectivity index (χ1) is 20.2. The van der Waals surface area contributed by atoms with Crippen LogP contribution >= 0.6 is 15.2 Å². The van der Waals surface area contributed by atoms with Gasteiger partial charge in [-0.2, -0.15) is 0 Å². The molecule has 0 spiro atoms. The van der Waals surface area contributed by atoms with Gasteiger partial charge < -0.3 is 22.9 Å². The maximum Gasteiger partial charge on any atom is 0.486 e. The maximum absolute atomic E-state index is 6.61. The van der Waals surface area contributed by atoms with Crippen molar-refractivity contribution in [3.05, 3.63) is 152 Å². The van der Waals surface area contributed by atoms with Gasteiger partial charge in [0.1, 0.15) is 23.0 Å². The van der Waals surface area contributed by atoms with Crippen LogP contribution in [0.2, 0.25) is 0 Å². The minimum atomic E-state index is -3.69. The molecule has 5 aromatic rings. The van der Waals surface area contributed by atoms with Crippen LogP contribution in [0.1, 0.15) is 6.92 Å². The number of hydrogen-bond donors (Lipinski definition) is 0. The Hall–Kier alpha value is -4.44. The number of para-hydroxylation sites is 5. The summed E-state index contributed by atoms with van der Waals surface area (Å²) in [5.41, 5.74) is 0. The van der Waals surface area contributed by atoms with Gasteiger partial charge >= 0.3 is 15.2 Å². The molecule has 0 aliphatic rings. The van der Waals surface area contributed by atoms with Gasteiger partial charge in [0.15, 0.2) is 5.75 Å². The molecule has 0 aliphatic carbocycles. The summed E-state index contributed by atoms with van der Waals surface area (Å²) < 4.78 is 31.5. The summed E-state index contributed by atoms with van der Waals surface area (Å²) in [6.07, 6.45) is 0.399. The Kier molecular flexibility index (Phi) is 9.43. The van der Waals surface area contributed by atoms with Crippen LogP contribution in [-0.4, -0.2) is 6.16 Å². The van der Waals surface area contributed by atoms with E-state index >= 15 is 0 Å². The van der Waals surface area contributed by atoms with Crippen molar-refractivity contribution in [1.29, 1.82) is 0 Å². The number of benzene rings is 5. The Labute approximate surface area is 240 Å². The topological polar surface area (TPSA) is 70.9 Å². The summed E-state index contributed by atoms with van der Waals surface area (Å²) >= 11 is 0. The highest BCUT2D eigenvalue weighted by molar-refractivity contribution is 7.68. The molecule has 0 radical (unpaired) electrons. The van der Waals surface area contributed by atoms with Crippen LogP contribution in [0.5, 0.6) is 28.7 Å². The summed E-state index contributed by atoms with van der Waals surface area (Å²) in [6.45, 7) is 1.96. The first-order valence-corrected chi connectivity index (χ1v) is 16.4. The minimum absolute atomic E-state index is 0.399. The molecule has 0 amide bonds. The lowest BCUT2D eigenvalue weighted by atomic mass is 10.3. The molecule has 9 heteroatoms. The number of nitrogens with zero attached hydrogens (tertiary/aromatic N) is 2. The summed E-state index contributed by atoms with van der Waals surface area (Å²) in [5, 5.41) is 0. The van der Waals surface area contributed by atoms with Crippen LogP contribution in [0.4, 0.5) is 0 Å². The average molecular weight is 585 g/mol. The second-order valence-electron chi connectivity index (χ2n) is 8.64. The van der Waals surface area contributed by atoms with Crippen molar-refractivity contribution in [3.8, 4) is 28.7 Å². The van der Waals surface area contributed by atoms with E-state index < -0.39 is 15.2 Å². The smallest absolute Gasteiger partial charge is 0.430 e. The quantitative estimate of drug-likeness (QED) is 0.108. The standard InChI is InChI=1S/C32H30N2O5P2/c1-2-40(36-29-20-10-4-11-21-29,37-30-22-12-5-13-23-30)34-41(38-31-24-14-6-15-25-31,39-32-26-16-7-17-27-32)33-35-28-18-8-3-9-19-28/h3-27H,2H2,1H3. The molecule has 0 bridgehead atoms. The van der Waals surface area contributed by atoms with Crippen molar-refractivity contribution < 1.29 is 22.9 Å². The van der Waals surface area contributed by atoms with E-state index in [1.807, 2.05) is 146 Å². The molecule has 208 valence electrons. The Bertz CT molecular complexity index is 1510. The SMILES string of the molecule is CCP(=NP(=NOc1ccccc1)(Oc1ccccc1)Oc1ccccc1)(Oc1ccccc1)Oc1ccccc1. The molecular formula is C32H30N2O5P2. The van der Waals surface area contributed by atoms with Gasteiger partial charge in [-0.15, -0.1) is 4.52 Å². The minimum Gasteiger partial charge on any atom is -0.430 e. The molecule has 0 saturated heterocycles. The van der Waals surface area contributed by atoms with Gasteiger partial charge in [-0.1, -0.05) is 97.9 Å². The summed E-state index contributed by atoms with van der Waals surface area (Å²) in [7, 11) is -6.88. The molecule has 0 unspecified atom stereocenters. The molecule has 0 saturated carbocycles. The number of hydrogen-bond acceptors (Lipinski definition) is 6. The Balaban J connectivity index is 1.73. The fourth-order valence-corrected chi connectivity index (χ4v) is 8.52. The zero-order valence-corrected chi connectivity index (χ0v) is 24.3. The third kappa shape index (κ3) is 8.04. The third-order valence-electron chi connectivity index (χ3n) is 5.56. The Morgan fingerprint density at radius 1 is 0.439 bits per heavy atom. The Morgan fingerprint density at radius 2 is 0.756 bits per heavy atom. The lowest BCUT2D eigenvalue weighted by Gasteiger charge is -2.28. The molecule has 0 N–H and O–H groups in total. The highest BCUT2D eigenvalue weighted by Crippen LogP contribution is 2.65. The normalized spacial score (nSPS) is 11.1. The van der Waals surface area contributed by atoms with Crippen molar-refractivity contribution in [2.45, 2.75) is 6.92 Å². The molecule has 0 atom stereocenters. The monoisotopic (exact) mass is 584 g/mol. The summed E-state index contributed by atoms with van der Waals surface area (Å²) in [6, 6.07) is 46.7. The number of rotatable bonds is 12. The van der Waals surface area contributed by atoms with E-state index in [0.29, 0.717) is 34.9 Å². The van der Waals surface area contributed by atoms with E-state index in [9.17, 15) is 0 Å². The molecule has 7 nitrogen and oxygen atoms in total. The van der Waals surface area contributed by atoms with Crippen LogP contribution in [0, 0.1) is 0 Å². The molecule has 5 aromatic carbocycles. The average Bonchev–Trinajstić information content (AvgIpc) is 3.02. The lowest BCUT2D eigenvalue weighted by molar-refractivity contribution is 0.324. The maximum atomic E-state index is 6.61. The van der Waals surface area contributed by atoms with Crippen molar-refractivity contribution >= 4 is 15.2 Å². The van der Waals surface area contributed by atoms with Gasteiger partial charge in [0, 0.05) is 4.91 Å². The Morgan fingerprint density at radius 3 is 1.10 bits per heavy atom. The van der Waals surface area contributed by atoms with E-state index in [2.05, 4.69) is 4.91 Å². The molecule has 5 rings (SSSR count). The fraction of sp³-hybridized carbons (Fsp3) is 0.0625. The second kappa shape index (κ2) is 13.8. The molecule has 0 heterocycles. The van der Waals surface area contributed by atoms with E-state index in [-0.39, 0.29) is 0 Å². The molecule has 41 heavy (non-hydrogen) atoms. The largest absolute Gasteiger partial charge is 0.486 e. The predicted octanol–water partition coefficient (Wildman–Crippen LogP) is 10.3. The molecule has 0 aromatic heterocycles. The van der Waals surface area contributed by atoms with Crippen LogP contribution in [0.15, 0.2) is 161 Å². The van der Waals surface area contributed by atoms with Crippen molar-refractivity contribution in [2.75, 3.05) is 6.16 Å². The summed E-state index contributed by atoms with van der Waals surface area (Å²) in [4.78, 5) is 10.5. The molecule has 0 fully saturated rings. The van der Waals surface area contributed by atoms with E-state index in [0.717, 1.165) is 0 Å². The van der Waals surface area contributed by atoms with Gasteiger partial charge in [-0.25, -0.2) is 0 Å². The predicted molar refractivity (Wildman–Crippen MR) is 165 cm³/mol. The van der Waals surface area contributed by atoms with Crippen LogP contribution < -0.4 is 22.9 Å². The van der Waals surface area contributed by atoms with Crippen molar-refractivity contribution in [1.82, 2.24) is 0 Å². The van der Waals surface area contributed by atoms with Crippen molar-refractivity contribution in [3.63, 3.8) is 0 Å². The second-order valence-corrected chi connectivity index (χ2v) is 13.1. The van der Waals surface area contributed by atoms with E-state index in [4.69, 9.17) is 27.4 Å². The fourth-order valence-electron chi connectivity index (χ4n) is 3.63. The lowest BCUT2D eigenvalue weighted by Crippen LogP contribution is -2.08. The van der Waals surface area contributed by atoms with Crippen LogP contribution in [0.25, 0.3) is 0 Å². The zero-order chi connectivity index (χ0) is 28.2. The van der Waals surface area contributed by atoms with E-state index in [1.54, 1.807) is 12.1 Å². The van der Waals surface area contributed by atoms with Crippen LogP contribution in [0.3, 0.4) is 0 Å².